The SMILES string of the molecule is CC(C)NC(=O)c1cncc(C(=O)Nc2ccccc2C(F)(F)F)c1. The summed E-state index contributed by atoms with van der Waals surface area (Å²) in [5.41, 5.74) is -1.19. The van der Waals surface area contributed by atoms with Crippen molar-refractivity contribution < 1.29 is 22.8 Å². The third-order valence-electron chi connectivity index (χ3n) is 3.16. The summed E-state index contributed by atoms with van der Waals surface area (Å²) in [5.74, 6) is -1.21. The molecule has 5 nitrogen and oxygen atoms in total. The molecule has 132 valence electrons. The van der Waals surface area contributed by atoms with Crippen LogP contribution in [0.3, 0.4) is 0 Å². The van der Waals surface area contributed by atoms with Gasteiger partial charge in [0.2, 0.25) is 0 Å². The fourth-order valence-corrected chi connectivity index (χ4v) is 2.07. The molecule has 25 heavy (non-hydrogen) atoms. The second-order valence-corrected chi connectivity index (χ2v) is 5.59. The number of rotatable bonds is 4. The van der Waals surface area contributed by atoms with Crippen LogP contribution in [0.2, 0.25) is 0 Å². The normalized spacial score (nSPS) is 11.3. The number of anilines is 1. The van der Waals surface area contributed by atoms with Gasteiger partial charge in [-0.15, -0.1) is 0 Å². The Morgan fingerprint density at radius 3 is 2.24 bits per heavy atom. The van der Waals surface area contributed by atoms with Gasteiger partial charge in [-0.05, 0) is 32.0 Å². The highest BCUT2D eigenvalue weighted by atomic mass is 19.4. The largest absolute Gasteiger partial charge is 0.418 e. The number of carbonyl (C=O) groups excluding carboxylic acids is 2. The van der Waals surface area contributed by atoms with E-state index in [0.717, 1.165) is 12.1 Å². The lowest BCUT2D eigenvalue weighted by Gasteiger charge is -2.13. The topological polar surface area (TPSA) is 71.1 Å². The first-order valence-electron chi connectivity index (χ1n) is 7.42. The van der Waals surface area contributed by atoms with Crippen molar-refractivity contribution in [2.24, 2.45) is 0 Å². The number of pyridine rings is 1. The maximum atomic E-state index is 13.0. The van der Waals surface area contributed by atoms with Gasteiger partial charge in [0.05, 0.1) is 22.4 Å². The highest BCUT2D eigenvalue weighted by molar-refractivity contribution is 6.06. The molecule has 0 fully saturated rings. The number of nitrogens with zero attached hydrogens (tertiary/aromatic N) is 1. The molecule has 0 saturated carbocycles. The number of para-hydroxylation sites is 1. The molecule has 0 spiro atoms. The molecule has 0 aliphatic carbocycles. The molecule has 1 aromatic carbocycles. The Hall–Kier alpha value is -2.90. The summed E-state index contributed by atoms with van der Waals surface area (Å²) in [6.45, 7) is 3.55. The van der Waals surface area contributed by atoms with E-state index in [1.165, 1.54) is 30.6 Å². The second-order valence-electron chi connectivity index (χ2n) is 5.59. The molecule has 0 aliphatic rings. The van der Waals surface area contributed by atoms with Crippen LogP contribution in [-0.2, 0) is 6.18 Å². The Morgan fingerprint density at radius 1 is 1.04 bits per heavy atom. The summed E-state index contributed by atoms with van der Waals surface area (Å²) >= 11 is 0. The lowest BCUT2D eigenvalue weighted by Crippen LogP contribution is -2.30. The van der Waals surface area contributed by atoms with Gasteiger partial charge in [0.1, 0.15) is 0 Å². The van der Waals surface area contributed by atoms with E-state index in [1.54, 1.807) is 13.8 Å². The van der Waals surface area contributed by atoms with Crippen molar-refractivity contribution in [2.45, 2.75) is 26.1 Å². The van der Waals surface area contributed by atoms with E-state index in [0.29, 0.717) is 0 Å². The van der Waals surface area contributed by atoms with E-state index in [-0.39, 0.29) is 22.9 Å². The van der Waals surface area contributed by atoms with Crippen LogP contribution in [0.1, 0.15) is 40.1 Å². The van der Waals surface area contributed by atoms with Crippen LogP contribution >= 0.6 is 0 Å². The number of alkyl halides is 3. The van der Waals surface area contributed by atoms with Crippen LogP contribution in [-0.4, -0.2) is 22.8 Å². The number of aromatic nitrogens is 1. The number of benzene rings is 1. The molecule has 0 bridgehead atoms. The van der Waals surface area contributed by atoms with Gasteiger partial charge < -0.3 is 10.6 Å². The van der Waals surface area contributed by atoms with Gasteiger partial charge >= 0.3 is 6.18 Å². The molecule has 2 aromatic rings. The molecule has 0 radical (unpaired) electrons. The van der Waals surface area contributed by atoms with Crippen molar-refractivity contribution in [3.8, 4) is 0 Å². The van der Waals surface area contributed by atoms with Gasteiger partial charge in [-0.3, -0.25) is 14.6 Å². The zero-order chi connectivity index (χ0) is 18.6. The fraction of sp³-hybridized carbons (Fsp3) is 0.235. The predicted molar refractivity (Wildman–Crippen MR) is 86.2 cm³/mol. The standard InChI is InChI=1S/C17H16F3N3O2/c1-10(2)22-15(24)11-7-12(9-21-8-11)16(25)23-14-6-4-3-5-13(14)17(18,19)20/h3-10H,1-2H3,(H,22,24)(H,23,25). The second kappa shape index (κ2) is 7.33. The first-order chi connectivity index (χ1) is 11.7. The minimum Gasteiger partial charge on any atom is -0.350 e. The highest BCUT2D eigenvalue weighted by Gasteiger charge is 2.33. The maximum Gasteiger partial charge on any atom is 0.418 e. The molecule has 2 rings (SSSR count). The Bertz CT molecular complexity index is 789. The van der Waals surface area contributed by atoms with Gasteiger partial charge in [0, 0.05) is 18.4 Å². The Balaban J connectivity index is 2.24. The van der Waals surface area contributed by atoms with E-state index in [1.807, 2.05) is 0 Å². The molecule has 0 unspecified atom stereocenters. The van der Waals surface area contributed by atoms with Gasteiger partial charge in [-0.1, -0.05) is 12.1 Å². The number of halogens is 3. The van der Waals surface area contributed by atoms with E-state index in [4.69, 9.17) is 0 Å². The average Bonchev–Trinajstić information content (AvgIpc) is 2.54. The lowest BCUT2D eigenvalue weighted by molar-refractivity contribution is -0.136. The van der Waals surface area contributed by atoms with Gasteiger partial charge in [0.25, 0.3) is 11.8 Å². The molecule has 1 heterocycles. The van der Waals surface area contributed by atoms with Crippen molar-refractivity contribution >= 4 is 17.5 Å². The van der Waals surface area contributed by atoms with Crippen LogP contribution in [0.4, 0.5) is 18.9 Å². The third kappa shape index (κ3) is 4.79. The summed E-state index contributed by atoms with van der Waals surface area (Å²) in [5, 5.41) is 4.85. The molecular weight excluding hydrogens is 335 g/mol. The van der Waals surface area contributed by atoms with E-state index in [9.17, 15) is 22.8 Å². The quantitative estimate of drug-likeness (QED) is 0.886. The first kappa shape index (κ1) is 18.4. The predicted octanol–water partition coefficient (Wildman–Crippen LogP) is 3.49. The van der Waals surface area contributed by atoms with Crippen LogP contribution in [0.15, 0.2) is 42.7 Å². The van der Waals surface area contributed by atoms with Gasteiger partial charge in [-0.2, -0.15) is 13.2 Å². The molecule has 2 N–H and O–H groups in total. The molecule has 1 aromatic heterocycles. The Kier molecular flexibility index (Phi) is 5.41. The number of amides is 2. The number of hydrogen-bond donors (Lipinski definition) is 2. The minimum atomic E-state index is -4.60. The fourth-order valence-electron chi connectivity index (χ4n) is 2.07. The van der Waals surface area contributed by atoms with Crippen LogP contribution in [0, 0.1) is 0 Å². The average molecular weight is 351 g/mol. The summed E-state index contributed by atoms with van der Waals surface area (Å²) in [6, 6.07) is 5.82. The summed E-state index contributed by atoms with van der Waals surface area (Å²) < 4.78 is 38.9. The van der Waals surface area contributed by atoms with Crippen LogP contribution in [0.25, 0.3) is 0 Å². The zero-order valence-corrected chi connectivity index (χ0v) is 13.5. The first-order valence-corrected chi connectivity index (χ1v) is 7.42. The number of nitrogens with one attached hydrogen (secondary N) is 2. The Morgan fingerprint density at radius 2 is 1.64 bits per heavy atom. The van der Waals surface area contributed by atoms with Gasteiger partial charge in [-0.25, -0.2) is 0 Å². The monoisotopic (exact) mass is 351 g/mol. The minimum absolute atomic E-state index is 0.0200. The van der Waals surface area contributed by atoms with E-state index < -0.39 is 23.6 Å². The Labute approximate surface area is 142 Å². The molecule has 0 aliphatic heterocycles. The molecule has 0 saturated heterocycles. The molecule has 2 amide bonds. The van der Waals surface area contributed by atoms with Crippen LogP contribution in [0.5, 0.6) is 0 Å². The summed E-state index contributed by atoms with van der Waals surface area (Å²) in [7, 11) is 0. The summed E-state index contributed by atoms with van der Waals surface area (Å²) in [4.78, 5) is 28.0. The van der Waals surface area contributed by atoms with Crippen molar-refractivity contribution in [2.75, 3.05) is 5.32 Å². The zero-order valence-electron chi connectivity index (χ0n) is 13.5. The third-order valence-corrected chi connectivity index (χ3v) is 3.16. The molecule has 8 heteroatoms. The van der Waals surface area contributed by atoms with E-state index in [2.05, 4.69) is 15.6 Å². The summed E-state index contributed by atoms with van der Waals surface area (Å²) in [6.07, 6.45) is -2.14. The van der Waals surface area contributed by atoms with Crippen molar-refractivity contribution in [3.05, 3.63) is 59.4 Å². The van der Waals surface area contributed by atoms with Crippen molar-refractivity contribution in [1.29, 1.82) is 0 Å². The number of hydrogen-bond acceptors (Lipinski definition) is 3. The molecule has 0 atom stereocenters. The smallest absolute Gasteiger partial charge is 0.350 e. The molecular formula is C17H16F3N3O2. The van der Waals surface area contributed by atoms with Crippen LogP contribution < -0.4 is 10.6 Å². The lowest BCUT2D eigenvalue weighted by atomic mass is 10.1. The van der Waals surface area contributed by atoms with Crippen molar-refractivity contribution in [1.82, 2.24) is 10.3 Å². The number of carbonyl (C=O) groups is 2. The van der Waals surface area contributed by atoms with E-state index >= 15 is 0 Å². The maximum absolute atomic E-state index is 13.0. The van der Waals surface area contributed by atoms with Gasteiger partial charge in [0.15, 0.2) is 0 Å². The van der Waals surface area contributed by atoms with Crippen molar-refractivity contribution in [3.63, 3.8) is 0 Å². The highest BCUT2D eigenvalue weighted by Crippen LogP contribution is 2.34.